The number of carbonyl (C=O) groups is 3. The Bertz CT molecular complexity index is 1430. The van der Waals surface area contributed by atoms with E-state index in [-0.39, 0.29) is 34.9 Å². The van der Waals surface area contributed by atoms with Gasteiger partial charge in [-0.3, -0.25) is 14.4 Å². The number of amides is 1. The topological polar surface area (TPSA) is 75.7 Å². The molecule has 0 saturated heterocycles. The molecule has 0 unspecified atom stereocenters. The van der Waals surface area contributed by atoms with Crippen LogP contribution in [0.5, 0.6) is 5.75 Å². The standard InChI is InChI=1S/C28H35ClN2O4.C7H7Cl/c1-7-31-18-11-27(2,3)13-20(32)25(18)24(26-19(31)12-28(4,5)14-21(26)33)17-10-16(29)8-9-22(17)35-15-23(34)30-6;1-6-4-2-3-5-7(6)8/h8-10,24H,7,11-15H2,1-6H3,(H,30,34);2-5H,1H3. The summed E-state index contributed by atoms with van der Waals surface area (Å²) in [6.45, 7) is 13.1. The number of Topliss-reactive ketones (excluding diaryl/α,β-unsaturated/α-hetero) is 2. The Morgan fingerprint density at radius 2 is 1.49 bits per heavy atom. The van der Waals surface area contributed by atoms with E-state index in [1.165, 1.54) is 0 Å². The number of benzene rings is 2. The predicted molar refractivity (Wildman–Crippen MR) is 172 cm³/mol. The van der Waals surface area contributed by atoms with Crippen molar-refractivity contribution in [2.45, 2.75) is 73.1 Å². The van der Waals surface area contributed by atoms with Gasteiger partial charge in [0.1, 0.15) is 5.75 Å². The lowest BCUT2D eigenvalue weighted by Crippen LogP contribution is -2.44. The number of halogens is 2. The first kappa shape index (κ1) is 32.8. The maximum Gasteiger partial charge on any atom is 0.257 e. The van der Waals surface area contributed by atoms with Gasteiger partial charge in [0.15, 0.2) is 18.2 Å². The summed E-state index contributed by atoms with van der Waals surface area (Å²) in [6, 6.07) is 13.0. The molecule has 1 amide bonds. The highest BCUT2D eigenvalue weighted by atomic mass is 35.5. The van der Waals surface area contributed by atoms with Crippen molar-refractivity contribution in [3.05, 3.63) is 86.2 Å². The van der Waals surface area contributed by atoms with E-state index < -0.39 is 5.92 Å². The van der Waals surface area contributed by atoms with Gasteiger partial charge in [-0.2, -0.15) is 0 Å². The Morgan fingerprint density at radius 3 is 1.95 bits per heavy atom. The van der Waals surface area contributed by atoms with Gasteiger partial charge in [0, 0.05) is 70.5 Å². The van der Waals surface area contributed by atoms with Gasteiger partial charge in [-0.05, 0) is 67.3 Å². The zero-order valence-electron chi connectivity index (χ0n) is 26.2. The third-order valence-corrected chi connectivity index (χ3v) is 8.99. The number of carbonyl (C=O) groups excluding carboxylic acids is 3. The summed E-state index contributed by atoms with van der Waals surface area (Å²) in [5.74, 6) is -0.255. The molecule has 0 spiro atoms. The van der Waals surface area contributed by atoms with Crippen LogP contribution >= 0.6 is 23.2 Å². The normalized spacial score (nSPS) is 19.3. The third-order valence-electron chi connectivity index (χ3n) is 8.34. The number of hydrogen-bond acceptors (Lipinski definition) is 5. The van der Waals surface area contributed by atoms with E-state index in [1.54, 1.807) is 25.2 Å². The number of hydrogen-bond donors (Lipinski definition) is 1. The number of ketones is 2. The number of likely N-dealkylation sites (N-methyl/N-ethyl adjacent to an activating group) is 1. The van der Waals surface area contributed by atoms with Gasteiger partial charge >= 0.3 is 0 Å². The van der Waals surface area contributed by atoms with Crippen molar-refractivity contribution in [3.63, 3.8) is 0 Å². The molecule has 1 aliphatic heterocycles. The van der Waals surface area contributed by atoms with Crippen LogP contribution in [0.1, 0.15) is 77.3 Å². The molecule has 2 aromatic rings. The van der Waals surface area contributed by atoms with Crippen LogP contribution in [0.2, 0.25) is 10.0 Å². The Labute approximate surface area is 265 Å². The second kappa shape index (κ2) is 12.9. The molecule has 3 aliphatic rings. The molecule has 0 radical (unpaired) electrons. The summed E-state index contributed by atoms with van der Waals surface area (Å²) in [5, 5.41) is 3.89. The highest BCUT2D eigenvalue weighted by Gasteiger charge is 2.49. The molecule has 8 heteroatoms. The van der Waals surface area contributed by atoms with Crippen LogP contribution in [0.25, 0.3) is 0 Å². The SMILES string of the molecule is CCN1C2=C(C(=O)CC(C)(C)C2)C(c2cc(Cl)ccc2OCC(=O)NC)C2=C1CC(C)(C)CC2=O.Cc1ccccc1Cl. The predicted octanol–water partition coefficient (Wildman–Crippen LogP) is 7.82. The van der Waals surface area contributed by atoms with Gasteiger partial charge in [0.2, 0.25) is 0 Å². The molecule has 0 aromatic heterocycles. The highest BCUT2D eigenvalue weighted by Crippen LogP contribution is 2.55. The maximum atomic E-state index is 13.8. The highest BCUT2D eigenvalue weighted by molar-refractivity contribution is 6.31. The number of allylic oxidation sites excluding steroid dienone is 4. The minimum Gasteiger partial charge on any atom is -0.483 e. The van der Waals surface area contributed by atoms with Crippen LogP contribution in [-0.2, 0) is 14.4 Å². The summed E-state index contributed by atoms with van der Waals surface area (Å²) in [6.07, 6.45) is 2.33. The summed E-state index contributed by atoms with van der Waals surface area (Å²) in [7, 11) is 1.55. The van der Waals surface area contributed by atoms with E-state index in [9.17, 15) is 14.4 Å². The van der Waals surface area contributed by atoms with Crippen molar-refractivity contribution in [1.82, 2.24) is 10.2 Å². The second-order valence-corrected chi connectivity index (χ2v) is 14.0. The van der Waals surface area contributed by atoms with E-state index >= 15 is 0 Å². The molecule has 0 atom stereocenters. The van der Waals surface area contributed by atoms with Crippen LogP contribution in [0, 0.1) is 17.8 Å². The van der Waals surface area contributed by atoms with Gasteiger partial charge in [0.25, 0.3) is 5.91 Å². The molecule has 43 heavy (non-hydrogen) atoms. The van der Waals surface area contributed by atoms with Crippen molar-refractivity contribution in [2.24, 2.45) is 10.8 Å². The van der Waals surface area contributed by atoms with Crippen molar-refractivity contribution >= 4 is 40.7 Å². The molecule has 0 saturated carbocycles. The van der Waals surface area contributed by atoms with Crippen molar-refractivity contribution in [3.8, 4) is 5.75 Å². The molecule has 1 heterocycles. The number of nitrogens with one attached hydrogen (secondary N) is 1. The summed E-state index contributed by atoms with van der Waals surface area (Å²) in [5.41, 5.74) is 4.79. The van der Waals surface area contributed by atoms with Gasteiger partial charge in [-0.25, -0.2) is 0 Å². The first-order chi connectivity index (χ1) is 20.2. The van der Waals surface area contributed by atoms with Crippen LogP contribution < -0.4 is 10.1 Å². The molecule has 1 N–H and O–H groups in total. The molecule has 6 nitrogen and oxygen atoms in total. The molecule has 5 rings (SSSR count). The number of ether oxygens (including phenoxy) is 1. The van der Waals surface area contributed by atoms with Crippen LogP contribution in [0.3, 0.4) is 0 Å². The smallest absolute Gasteiger partial charge is 0.257 e. The number of rotatable bonds is 5. The molecule has 230 valence electrons. The van der Waals surface area contributed by atoms with Gasteiger partial charge < -0.3 is 15.0 Å². The van der Waals surface area contributed by atoms with Crippen molar-refractivity contribution in [1.29, 1.82) is 0 Å². The second-order valence-electron chi connectivity index (χ2n) is 13.2. The van der Waals surface area contributed by atoms with Crippen LogP contribution in [-0.4, -0.2) is 42.6 Å². The Balaban J connectivity index is 0.000000458. The molecular weight excluding hydrogens is 583 g/mol. The Hall–Kier alpha value is -3.09. The maximum absolute atomic E-state index is 13.8. The average molecular weight is 626 g/mol. The van der Waals surface area contributed by atoms with Crippen molar-refractivity contribution in [2.75, 3.05) is 20.2 Å². The first-order valence-electron chi connectivity index (χ1n) is 14.8. The van der Waals surface area contributed by atoms with E-state index in [0.717, 1.165) is 34.8 Å². The third kappa shape index (κ3) is 7.18. The zero-order valence-corrected chi connectivity index (χ0v) is 27.7. The van der Waals surface area contributed by atoms with Crippen molar-refractivity contribution < 1.29 is 19.1 Å². The first-order valence-corrected chi connectivity index (χ1v) is 15.6. The largest absolute Gasteiger partial charge is 0.483 e. The molecule has 0 bridgehead atoms. The van der Waals surface area contributed by atoms with Crippen LogP contribution in [0.4, 0.5) is 0 Å². The fraction of sp³-hybridized carbons (Fsp3) is 0.457. The lowest BCUT2D eigenvalue weighted by atomic mass is 9.63. The minimum absolute atomic E-state index is 0.0566. The fourth-order valence-electron chi connectivity index (χ4n) is 6.38. The summed E-state index contributed by atoms with van der Waals surface area (Å²) < 4.78 is 5.91. The summed E-state index contributed by atoms with van der Waals surface area (Å²) in [4.78, 5) is 41.6. The molecule has 2 aromatic carbocycles. The number of aryl methyl sites for hydroxylation is 1. The lowest BCUT2D eigenvalue weighted by Gasteiger charge is -2.49. The van der Waals surface area contributed by atoms with Crippen LogP contribution in [0.15, 0.2) is 65.0 Å². The monoisotopic (exact) mass is 624 g/mol. The number of nitrogens with zero attached hydrogens (tertiary/aromatic N) is 1. The molecular formula is C35H42Cl2N2O4. The van der Waals surface area contributed by atoms with E-state index in [1.807, 2.05) is 31.2 Å². The zero-order chi connectivity index (χ0) is 31.7. The van der Waals surface area contributed by atoms with Gasteiger partial charge in [0.05, 0.1) is 0 Å². The Kier molecular flexibility index (Phi) is 9.82. The van der Waals surface area contributed by atoms with Gasteiger partial charge in [-0.15, -0.1) is 0 Å². The quantitative estimate of drug-likeness (QED) is 0.367. The summed E-state index contributed by atoms with van der Waals surface area (Å²) >= 11 is 12.2. The van der Waals surface area contributed by atoms with E-state index in [4.69, 9.17) is 27.9 Å². The van der Waals surface area contributed by atoms with Gasteiger partial charge in [-0.1, -0.05) is 69.1 Å². The molecule has 2 aliphatic carbocycles. The average Bonchev–Trinajstić information content (AvgIpc) is 2.91. The van der Waals surface area contributed by atoms with E-state index in [0.29, 0.717) is 46.9 Å². The van der Waals surface area contributed by atoms with E-state index in [2.05, 4.69) is 44.8 Å². The Morgan fingerprint density at radius 1 is 0.930 bits per heavy atom. The fourth-order valence-corrected chi connectivity index (χ4v) is 6.70. The minimum atomic E-state index is -0.562. The molecule has 0 fully saturated rings. The lowest BCUT2D eigenvalue weighted by molar-refractivity contribution is -0.123.